The van der Waals surface area contributed by atoms with Crippen LogP contribution >= 0.6 is 23.4 Å². The van der Waals surface area contributed by atoms with Crippen molar-refractivity contribution in [2.75, 3.05) is 19.3 Å². The van der Waals surface area contributed by atoms with Gasteiger partial charge in [-0.15, -0.1) is 11.8 Å². The van der Waals surface area contributed by atoms with Crippen LogP contribution in [0.4, 0.5) is 0 Å². The van der Waals surface area contributed by atoms with Crippen LogP contribution in [-0.2, 0) is 10.5 Å². The molecule has 0 saturated carbocycles. The molecule has 0 aliphatic carbocycles. The van der Waals surface area contributed by atoms with E-state index in [2.05, 4.69) is 0 Å². The maximum absolute atomic E-state index is 11.8. The van der Waals surface area contributed by atoms with E-state index in [1.54, 1.807) is 23.7 Å². The molecule has 1 aromatic rings. The average Bonchev–Trinajstić information content (AvgIpc) is 2.39. The van der Waals surface area contributed by atoms with Gasteiger partial charge in [0.05, 0.1) is 5.75 Å². The number of likely N-dealkylation sites (N-methyl/N-ethyl adjacent to an activating group) is 1. The number of rotatable bonds is 6. The molecule has 18 heavy (non-hydrogen) atoms. The molecule has 1 aromatic carbocycles. The lowest BCUT2D eigenvalue weighted by atomic mass is 10.2. The van der Waals surface area contributed by atoms with Crippen molar-refractivity contribution in [3.8, 4) is 0 Å². The zero-order valence-corrected chi connectivity index (χ0v) is 12.3. The Balaban J connectivity index is 2.33. The van der Waals surface area contributed by atoms with Gasteiger partial charge < -0.3 is 10.6 Å². The van der Waals surface area contributed by atoms with E-state index in [-0.39, 0.29) is 11.9 Å². The Hall–Kier alpha value is -0.710. The average molecular weight is 287 g/mol. The summed E-state index contributed by atoms with van der Waals surface area (Å²) in [7, 11) is 1.79. The second-order valence-corrected chi connectivity index (χ2v) is 5.63. The van der Waals surface area contributed by atoms with Crippen molar-refractivity contribution in [3.05, 3.63) is 34.9 Å². The minimum absolute atomic E-state index is 0.0913. The van der Waals surface area contributed by atoms with Crippen LogP contribution in [0, 0.1) is 0 Å². The number of nitrogens with two attached hydrogens (primary N) is 1. The molecule has 0 bridgehead atoms. The van der Waals surface area contributed by atoms with E-state index in [1.807, 2.05) is 31.2 Å². The van der Waals surface area contributed by atoms with Gasteiger partial charge in [-0.25, -0.2) is 0 Å². The first-order valence-corrected chi connectivity index (χ1v) is 7.35. The van der Waals surface area contributed by atoms with Gasteiger partial charge in [0, 0.05) is 30.4 Å². The topological polar surface area (TPSA) is 46.3 Å². The van der Waals surface area contributed by atoms with Crippen LogP contribution in [0.15, 0.2) is 24.3 Å². The molecule has 3 nitrogen and oxygen atoms in total. The standard InChI is InChI=1S/C13H19ClN2OS/c1-10(7-15)16(2)13(17)9-18-8-11-3-5-12(14)6-4-11/h3-6,10H,7-9,15H2,1-2H3. The van der Waals surface area contributed by atoms with Gasteiger partial charge in [-0.05, 0) is 24.6 Å². The van der Waals surface area contributed by atoms with Crippen LogP contribution < -0.4 is 5.73 Å². The largest absolute Gasteiger partial charge is 0.341 e. The molecule has 0 fully saturated rings. The van der Waals surface area contributed by atoms with Crippen molar-refractivity contribution in [2.45, 2.75) is 18.7 Å². The van der Waals surface area contributed by atoms with Crippen molar-refractivity contribution in [1.82, 2.24) is 4.90 Å². The Morgan fingerprint density at radius 1 is 1.44 bits per heavy atom. The lowest BCUT2D eigenvalue weighted by Crippen LogP contribution is -2.40. The quantitative estimate of drug-likeness (QED) is 0.873. The van der Waals surface area contributed by atoms with Gasteiger partial charge in [0.15, 0.2) is 0 Å². The Labute approximate surface area is 118 Å². The number of benzene rings is 1. The fourth-order valence-electron chi connectivity index (χ4n) is 1.34. The fraction of sp³-hybridized carbons (Fsp3) is 0.462. The van der Waals surface area contributed by atoms with Crippen LogP contribution in [-0.4, -0.2) is 36.2 Å². The molecule has 0 aliphatic heterocycles. The van der Waals surface area contributed by atoms with Crippen molar-refractivity contribution in [1.29, 1.82) is 0 Å². The number of carbonyl (C=O) groups is 1. The summed E-state index contributed by atoms with van der Waals surface area (Å²) < 4.78 is 0. The lowest BCUT2D eigenvalue weighted by molar-refractivity contribution is -0.128. The SMILES string of the molecule is CC(CN)N(C)C(=O)CSCc1ccc(Cl)cc1. The van der Waals surface area contributed by atoms with Crippen molar-refractivity contribution >= 4 is 29.3 Å². The van der Waals surface area contributed by atoms with Gasteiger partial charge in [0.2, 0.25) is 5.91 Å². The van der Waals surface area contributed by atoms with Gasteiger partial charge in [0.1, 0.15) is 0 Å². The molecular formula is C13H19ClN2OS. The van der Waals surface area contributed by atoms with E-state index in [4.69, 9.17) is 17.3 Å². The molecule has 0 saturated heterocycles. The molecule has 2 N–H and O–H groups in total. The third kappa shape index (κ3) is 4.88. The predicted molar refractivity (Wildman–Crippen MR) is 78.9 cm³/mol. The smallest absolute Gasteiger partial charge is 0.232 e. The minimum atomic E-state index is 0.0913. The molecular weight excluding hydrogens is 268 g/mol. The highest BCUT2D eigenvalue weighted by atomic mass is 35.5. The molecule has 1 unspecified atom stereocenters. The Kier molecular flexibility index (Phi) is 6.54. The maximum Gasteiger partial charge on any atom is 0.232 e. The van der Waals surface area contributed by atoms with Crippen molar-refractivity contribution in [3.63, 3.8) is 0 Å². The highest BCUT2D eigenvalue weighted by Crippen LogP contribution is 2.15. The zero-order valence-electron chi connectivity index (χ0n) is 10.7. The summed E-state index contributed by atoms with van der Waals surface area (Å²) in [6.07, 6.45) is 0. The third-order valence-electron chi connectivity index (χ3n) is 2.80. The summed E-state index contributed by atoms with van der Waals surface area (Å²) in [4.78, 5) is 13.5. The number of amides is 1. The van der Waals surface area contributed by atoms with Gasteiger partial charge in [0.25, 0.3) is 0 Å². The van der Waals surface area contributed by atoms with E-state index in [0.29, 0.717) is 12.3 Å². The molecule has 0 aromatic heterocycles. The number of hydrogen-bond acceptors (Lipinski definition) is 3. The van der Waals surface area contributed by atoms with E-state index in [1.165, 1.54) is 5.56 Å². The highest BCUT2D eigenvalue weighted by Gasteiger charge is 2.13. The van der Waals surface area contributed by atoms with E-state index >= 15 is 0 Å². The molecule has 0 heterocycles. The van der Waals surface area contributed by atoms with Crippen LogP contribution in [0.25, 0.3) is 0 Å². The van der Waals surface area contributed by atoms with Gasteiger partial charge in [-0.3, -0.25) is 4.79 Å². The normalized spacial score (nSPS) is 12.2. The van der Waals surface area contributed by atoms with Crippen LogP contribution in [0.1, 0.15) is 12.5 Å². The molecule has 1 atom stereocenters. The minimum Gasteiger partial charge on any atom is -0.341 e. The molecule has 0 radical (unpaired) electrons. The predicted octanol–water partition coefficient (Wildman–Crippen LogP) is 2.38. The Morgan fingerprint density at radius 3 is 2.61 bits per heavy atom. The number of halogens is 1. The molecule has 1 amide bonds. The van der Waals surface area contributed by atoms with Gasteiger partial charge >= 0.3 is 0 Å². The van der Waals surface area contributed by atoms with Gasteiger partial charge in [-0.1, -0.05) is 23.7 Å². The van der Waals surface area contributed by atoms with Crippen LogP contribution in [0.5, 0.6) is 0 Å². The highest BCUT2D eigenvalue weighted by molar-refractivity contribution is 7.99. The molecule has 100 valence electrons. The number of nitrogens with zero attached hydrogens (tertiary/aromatic N) is 1. The summed E-state index contributed by atoms with van der Waals surface area (Å²) in [6.45, 7) is 2.44. The maximum atomic E-state index is 11.8. The van der Waals surface area contributed by atoms with Crippen molar-refractivity contribution < 1.29 is 4.79 Å². The number of thioether (sulfide) groups is 1. The second-order valence-electron chi connectivity index (χ2n) is 4.21. The lowest BCUT2D eigenvalue weighted by Gasteiger charge is -2.23. The summed E-state index contributed by atoms with van der Waals surface area (Å²) in [5.74, 6) is 1.41. The van der Waals surface area contributed by atoms with E-state index in [0.717, 1.165) is 10.8 Å². The molecule has 1 rings (SSSR count). The Bertz CT molecular complexity index is 383. The van der Waals surface area contributed by atoms with Crippen LogP contribution in [0.2, 0.25) is 5.02 Å². The fourth-order valence-corrected chi connectivity index (χ4v) is 2.38. The van der Waals surface area contributed by atoms with E-state index < -0.39 is 0 Å². The van der Waals surface area contributed by atoms with Gasteiger partial charge in [-0.2, -0.15) is 0 Å². The third-order valence-corrected chi connectivity index (χ3v) is 4.04. The van der Waals surface area contributed by atoms with Crippen molar-refractivity contribution in [2.24, 2.45) is 5.73 Å². The Morgan fingerprint density at radius 2 is 2.06 bits per heavy atom. The number of carbonyl (C=O) groups excluding carboxylic acids is 1. The first-order valence-electron chi connectivity index (χ1n) is 5.82. The zero-order chi connectivity index (χ0) is 13.5. The summed E-state index contributed by atoms with van der Waals surface area (Å²) in [6, 6.07) is 7.77. The summed E-state index contributed by atoms with van der Waals surface area (Å²) in [5.41, 5.74) is 6.70. The second kappa shape index (κ2) is 7.67. The monoisotopic (exact) mass is 286 g/mol. The summed E-state index contributed by atoms with van der Waals surface area (Å²) >= 11 is 7.41. The summed E-state index contributed by atoms with van der Waals surface area (Å²) in [5, 5.41) is 0.733. The molecule has 5 heteroatoms. The number of hydrogen-bond donors (Lipinski definition) is 1. The molecule has 0 spiro atoms. The first kappa shape index (κ1) is 15.3. The molecule has 0 aliphatic rings. The van der Waals surface area contributed by atoms with Crippen LogP contribution in [0.3, 0.4) is 0 Å². The van der Waals surface area contributed by atoms with E-state index in [9.17, 15) is 4.79 Å². The first-order chi connectivity index (χ1) is 8.54.